The summed E-state index contributed by atoms with van der Waals surface area (Å²) in [6, 6.07) is 13.2. The van der Waals surface area contributed by atoms with Crippen molar-refractivity contribution in [2.75, 3.05) is 39.1 Å². The molecule has 0 aliphatic heterocycles. The van der Waals surface area contributed by atoms with Gasteiger partial charge >= 0.3 is 0 Å². The Kier molecular flexibility index (Phi) is 6.57. The Morgan fingerprint density at radius 3 is 2.00 bits per heavy atom. The van der Waals surface area contributed by atoms with Gasteiger partial charge in [-0.05, 0) is 29.8 Å². The predicted molar refractivity (Wildman–Crippen MR) is 112 cm³/mol. The molecule has 0 amide bonds. The van der Waals surface area contributed by atoms with Crippen molar-refractivity contribution < 1.29 is 18.9 Å². The summed E-state index contributed by atoms with van der Waals surface area (Å²) >= 11 is 0. The highest BCUT2D eigenvalue weighted by atomic mass is 16.5. The summed E-state index contributed by atoms with van der Waals surface area (Å²) in [7, 11) is 6.43. The number of aromatic nitrogens is 2. The molecular formula is C21H24N4O4. The predicted octanol–water partition coefficient (Wildman–Crippen LogP) is 3.87. The fourth-order valence-corrected chi connectivity index (χ4v) is 2.77. The van der Waals surface area contributed by atoms with Gasteiger partial charge in [-0.1, -0.05) is 6.07 Å². The van der Waals surface area contributed by atoms with Crippen LogP contribution in [0.2, 0.25) is 0 Å². The van der Waals surface area contributed by atoms with E-state index in [1.807, 2.05) is 42.5 Å². The van der Waals surface area contributed by atoms with Crippen molar-refractivity contribution in [2.45, 2.75) is 6.54 Å². The number of nitrogens with one attached hydrogen (secondary N) is 2. The van der Waals surface area contributed by atoms with Gasteiger partial charge in [-0.2, -0.15) is 0 Å². The van der Waals surface area contributed by atoms with Crippen molar-refractivity contribution in [1.82, 2.24) is 9.97 Å². The third-order valence-electron chi connectivity index (χ3n) is 4.24. The average Bonchev–Trinajstić information content (AvgIpc) is 2.77. The smallest absolute Gasteiger partial charge is 0.162 e. The van der Waals surface area contributed by atoms with Crippen molar-refractivity contribution in [3.8, 4) is 23.0 Å². The van der Waals surface area contributed by atoms with Gasteiger partial charge in [0, 0.05) is 24.4 Å². The van der Waals surface area contributed by atoms with E-state index < -0.39 is 0 Å². The summed E-state index contributed by atoms with van der Waals surface area (Å²) in [6.07, 6.45) is 1.50. The summed E-state index contributed by atoms with van der Waals surface area (Å²) < 4.78 is 21.2. The number of benzene rings is 2. The molecule has 3 aromatic rings. The molecule has 8 heteroatoms. The molecule has 0 bridgehead atoms. The molecular weight excluding hydrogens is 372 g/mol. The minimum Gasteiger partial charge on any atom is -0.493 e. The number of ether oxygens (including phenoxy) is 4. The Hall–Kier alpha value is -3.68. The first-order valence-corrected chi connectivity index (χ1v) is 8.92. The van der Waals surface area contributed by atoms with E-state index in [-0.39, 0.29) is 0 Å². The molecule has 8 nitrogen and oxygen atoms in total. The molecule has 0 radical (unpaired) electrons. The molecule has 0 saturated heterocycles. The van der Waals surface area contributed by atoms with E-state index in [0.717, 1.165) is 11.3 Å². The normalized spacial score (nSPS) is 10.2. The van der Waals surface area contributed by atoms with E-state index >= 15 is 0 Å². The molecule has 0 aliphatic carbocycles. The van der Waals surface area contributed by atoms with E-state index in [1.165, 1.54) is 6.33 Å². The monoisotopic (exact) mass is 396 g/mol. The lowest BCUT2D eigenvalue weighted by molar-refractivity contribution is 0.354. The first-order valence-electron chi connectivity index (χ1n) is 8.92. The van der Waals surface area contributed by atoms with Crippen LogP contribution in [0.3, 0.4) is 0 Å². The second-order valence-electron chi connectivity index (χ2n) is 6.03. The third-order valence-corrected chi connectivity index (χ3v) is 4.24. The first kappa shape index (κ1) is 20.1. The highest BCUT2D eigenvalue weighted by Crippen LogP contribution is 2.31. The van der Waals surface area contributed by atoms with E-state index in [1.54, 1.807) is 28.4 Å². The standard InChI is InChI=1S/C21H24N4O4/c1-26-16-7-5-14(9-18(16)28-3)12-22-20-11-21(24-13-23-20)25-15-6-8-17(27-2)19(10-15)29-4/h5-11,13H,12H2,1-4H3,(H2,22,23,24,25). The van der Waals surface area contributed by atoms with E-state index in [0.29, 0.717) is 41.2 Å². The molecule has 0 unspecified atom stereocenters. The maximum atomic E-state index is 5.34. The van der Waals surface area contributed by atoms with Crippen LogP contribution in [0.25, 0.3) is 0 Å². The number of anilines is 3. The number of nitrogens with zero attached hydrogens (tertiary/aromatic N) is 2. The van der Waals surface area contributed by atoms with Crippen LogP contribution in [-0.4, -0.2) is 38.4 Å². The van der Waals surface area contributed by atoms with Crippen LogP contribution in [0.5, 0.6) is 23.0 Å². The highest BCUT2D eigenvalue weighted by molar-refractivity contribution is 5.63. The van der Waals surface area contributed by atoms with Gasteiger partial charge in [0.05, 0.1) is 28.4 Å². The van der Waals surface area contributed by atoms with Gasteiger partial charge in [0.25, 0.3) is 0 Å². The van der Waals surface area contributed by atoms with Crippen LogP contribution < -0.4 is 29.6 Å². The zero-order valence-electron chi connectivity index (χ0n) is 16.9. The minimum atomic E-state index is 0.577. The Morgan fingerprint density at radius 2 is 1.31 bits per heavy atom. The van der Waals surface area contributed by atoms with Gasteiger partial charge in [-0.3, -0.25) is 0 Å². The number of rotatable bonds is 9. The number of methoxy groups -OCH3 is 4. The molecule has 29 heavy (non-hydrogen) atoms. The number of hydrogen-bond acceptors (Lipinski definition) is 8. The Labute approximate surface area is 169 Å². The summed E-state index contributed by atoms with van der Waals surface area (Å²) in [4.78, 5) is 8.54. The molecule has 1 aromatic heterocycles. The molecule has 0 spiro atoms. The molecule has 152 valence electrons. The zero-order valence-corrected chi connectivity index (χ0v) is 16.9. The summed E-state index contributed by atoms with van der Waals surface area (Å²) in [5, 5.41) is 6.52. The lowest BCUT2D eigenvalue weighted by atomic mass is 10.2. The fourth-order valence-electron chi connectivity index (χ4n) is 2.77. The van der Waals surface area contributed by atoms with Gasteiger partial charge in [0.2, 0.25) is 0 Å². The minimum absolute atomic E-state index is 0.577. The molecule has 0 atom stereocenters. The maximum absolute atomic E-state index is 5.34. The molecule has 2 aromatic carbocycles. The Balaban J connectivity index is 1.68. The van der Waals surface area contributed by atoms with Gasteiger partial charge in [0.15, 0.2) is 23.0 Å². The van der Waals surface area contributed by atoms with Crippen molar-refractivity contribution in [3.63, 3.8) is 0 Å². The second-order valence-corrected chi connectivity index (χ2v) is 6.03. The molecule has 0 saturated carbocycles. The topological polar surface area (TPSA) is 86.8 Å². The molecule has 1 heterocycles. The Bertz CT molecular complexity index is 965. The number of hydrogen-bond donors (Lipinski definition) is 2. The van der Waals surface area contributed by atoms with E-state index in [2.05, 4.69) is 20.6 Å². The Morgan fingerprint density at radius 1 is 0.690 bits per heavy atom. The largest absolute Gasteiger partial charge is 0.493 e. The molecule has 3 rings (SSSR count). The van der Waals surface area contributed by atoms with Gasteiger partial charge in [-0.25, -0.2) is 9.97 Å². The fraction of sp³-hybridized carbons (Fsp3) is 0.238. The first-order chi connectivity index (χ1) is 14.2. The summed E-state index contributed by atoms with van der Waals surface area (Å²) in [5.41, 5.74) is 1.86. The van der Waals surface area contributed by atoms with Gasteiger partial charge in [-0.15, -0.1) is 0 Å². The lowest BCUT2D eigenvalue weighted by Gasteiger charge is -2.12. The van der Waals surface area contributed by atoms with Crippen molar-refractivity contribution in [1.29, 1.82) is 0 Å². The molecule has 0 aliphatic rings. The van der Waals surface area contributed by atoms with Crippen LogP contribution in [-0.2, 0) is 6.54 Å². The molecule has 0 fully saturated rings. The van der Waals surface area contributed by atoms with Crippen LogP contribution in [0.4, 0.5) is 17.3 Å². The molecule has 2 N–H and O–H groups in total. The van der Waals surface area contributed by atoms with E-state index in [4.69, 9.17) is 18.9 Å². The second kappa shape index (κ2) is 9.50. The van der Waals surface area contributed by atoms with Crippen LogP contribution in [0, 0.1) is 0 Å². The van der Waals surface area contributed by atoms with Crippen molar-refractivity contribution >= 4 is 17.3 Å². The van der Waals surface area contributed by atoms with Crippen LogP contribution in [0.15, 0.2) is 48.8 Å². The van der Waals surface area contributed by atoms with Gasteiger partial charge in [0.1, 0.15) is 18.0 Å². The lowest BCUT2D eigenvalue weighted by Crippen LogP contribution is -2.04. The average molecular weight is 396 g/mol. The third kappa shape index (κ3) is 4.98. The summed E-state index contributed by atoms with van der Waals surface area (Å²) in [6.45, 7) is 0.577. The van der Waals surface area contributed by atoms with Crippen LogP contribution in [0.1, 0.15) is 5.56 Å². The quantitative estimate of drug-likeness (QED) is 0.564. The van der Waals surface area contributed by atoms with Crippen LogP contribution >= 0.6 is 0 Å². The zero-order chi connectivity index (χ0) is 20.6. The van der Waals surface area contributed by atoms with Crippen molar-refractivity contribution in [3.05, 3.63) is 54.4 Å². The van der Waals surface area contributed by atoms with Crippen molar-refractivity contribution in [2.24, 2.45) is 0 Å². The van der Waals surface area contributed by atoms with E-state index in [9.17, 15) is 0 Å². The SMILES string of the molecule is COc1ccc(CNc2cc(Nc3ccc(OC)c(OC)c3)ncn2)cc1OC. The maximum Gasteiger partial charge on any atom is 0.162 e. The highest BCUT2D eigenvalue weighted by Gasteiger charge is 2.07. The summed E-state index contributed by atoms with van der Waals surface area (Å²) in [5.74, 6) is 4.03. The van der Waals surface area contributed by atoms with Gasteiger partial charge < -0.3 is 29.6 Å².